The summed E-state index contributed by atoms with van der Waals surface area (Å²) in [6, 6.07) is 18.2. The molecule has 6 nitrogen and oxygen atoms in total. The van der Waals surface area contributed by atoms with Crippen LogP contribution in [0.5, 0.6) is 0 Å². The fraction of sp³-hybridized carbons (Fsp3) is 0.414. The van der Waals surface area contributed by atoms with E-state index in [-0.39, 0.29) is 11.9 Å². The second-order valence-electron chi connectivity index (χ2n) is 10.2. The van der Waals surface area contributed by atoms with Gasteiger partial charge in [-0.05, 0) is 55.8 Å². The van der Waals surface area contributed by atoms with E-state index in [1.807, 2.05) is 48.3 Å². The van der Waals surface area contributed by atoms with Crippen molar-refractivity contribution >= 4 is 40.5 Å². The van der Waals surface area contributed by atoms with Gasteiger partial charge in [0.15, 0.2) is 0 Å². The number of nitrogens with zero attached hydrogens (tertiary/aromatic N) is 5. The molecule has 1 aromatic heterocycles. The van der Waals surface area contributed by atoms with Gasteiger partial charge in [-0.25, -0.2) is 0 Å². The Morgan fingerprint density at radius 1 is 0.919 bits per heavy atom. The van der Waals surface area contributed by atoms with E-state index < -0.39 is 0 Å². The second-order valence-corrected chi connectivity index (χ2v) is 11.0. The first kappa shape index (κ1) is 26.0. The lowest BCUT2D eigenvalue weighted by molar-refractivity contribution is 0.0664. The molecule has 2 saturated heterocycles. The van der Waals surface area contributed by atoms with Crippen molar-refractivity contribution in [3.63, 3.8) is 0 Å². The lowest BCUT2D eigenvalue weighted by atomic mass is 10.1. The Balaban J connectivity index is 1.22. The third kappa shape index (κ3) is 5.47. The molecular weight excluding hydrogens is 505 g/mol. The topological polar surface area (TPSA) is 35.0 Å². The third-order valence-electron chi connectivity index (χ3n) is 7.88. The van der Waals surface area contributed by atoms with Crippen molar-refractivity contribution in [3.8, 4) is 0 Å². The Bertz CT molecular complexity index is 1270. The molecule has 0 radical (unpaired) electrons. The fourth-order valence-corrected chi connectivity index (χ4v) is 5.98. The summed E-state index contributed by atoms with van der Waals surface area (Å²) in [5.74, 6) is 0.110. The van der Waals surface area contributed by atoms with Crippen LogP contribution >= 0.6 is 23.2 Å². The number of halogens is 2. The van der Waals surface area contributed by atoms with Gasteiger partial charge in [0, 0.05) is 81.9 Å². The van der Waals surface area contributed by atoms with E-state index in [1.54, 1.807) is 0 Å². The quantitative estimate of drug-likeness (QED) is 0.439. The normalized spacial score (nSPS) is 18.9. The highest BCUT2D eigenvalue weighted by molar-refractivity contribution is 6.33. The van der Waals surface area contributed by atoms with Crippen LogP contribution in [0.25, 0.3) is 0 Å². The number of piperazine rings is 2. The van der Waals surface area contributed by atoms with Crippen molar-refractivity contribution in [1.29, 1.82) is 0 Å². The molecule has 0 aliphatic carbocycles. The van der Waals surface area contributed by atoms with Crippen molar-refractivity contribution in [1.82, 2.24) is 14.4 Å². The highest BCUT2D eigenvalue weighted by Gasteiger charge is 2.31. The molecule has 2 aliphatic heterocycles. The van der Waals surface area contributed by atoms with Crippen LogP contribution < -0.4 is 9.80 Å². The summed E-state index contributed by atoms with van der Waals surface area (Å²) < 4.78 is 2.06. The number of hydrogen-bond donors (Lipinski definition) is 0. The minimum atomic E-state index is 0.108. The first-order chi connectivity index (χ1) is 17.8. The minimum absolute atomic E-state index is 0.108. The minimum Gasteiger partial charge on any atom is -0.368 e. The molecular formula is C29H35Cl2N5O. The molecule has 0 spiro atoms. The van der Waals surface area contributed by atoms with Crippen LogP contribution in [0.2, 0.25) is 10.0 Å². The number of aromatic nitrogens is 1. The van der Waals surface area contributed by atoms with E-state index in [2.05, 4.69) is 51.3 Å². The summed E-state index contributed by atoms with van der Waals surface area (Å²) >= 11 is 12.6. The molecule has 0 bridgehead atoms. The Kier molecular flexibility index (Phi) is 7.70. The van der Waals surface area contributed by atoms with E-state index >= 15 is 0 Å². The fourth-order valence-electron chi connectivity index (χ4n) is 5.54. The molecule has 196 valence electrons. The molecule has 37 heavy (non-hydrogen) atoms. The van der Waals surface area contributed by atoms with Gasteiger partial charge in [-0.1, -0.05) is 41.4 Å². The van der Waals surface area contributed by atoms with Gasteiger partial charge in [-0.2, -0.15) is 0 Å². The van der Waals surface area contributed by atoms with Gasteiger partial charge < -0.3 is 19.3 Å². The molecule has 3 aromatic rings. The molecule has 2 fully saturated rings. The highest BCUT2D eigenvalue weighted by Crippen LogP contribution is 2.28. The van der Waals surface area contributed by atoms with Gasteiger partial charge in [-0.15, -0.1) is 0 Å². The number of benzene rings is 2. The Hall–Kier alpha value is -2.67. The first-order valence-corrected chi connectivity index (χ1v) is 13.8. The molecule has 8 heteroatoms. The van der Waals surface area contributed by atoms with Gasteiger partial charge in [-0.3, -0.25) is 9.69 Å². The number of rotatable bonds is 5. The Morgan fingerprint density at radius 2 is 1.65 bits per heavy atom. The van der Waals surface area contributed by atoms with Gasteiger partial charge in [0.2, 0.25) is 0 Å². The SMILES string of the molecule is Cc1c(CN2CCN(c3ccccc3Cl)CC2)cc(C(=O)N2CCN(c3cccc(Cl)c3)C[C@@H]2C)n1C. The van der Waals surface area contributed by atoms with Crippen LogP contribution in [0.15, 0.2) is 54.6 Å². The smallest absolute Gasteiger partial charge is 0.270 e. The molecule has 5 rings (SSSR count). The zero-order chi connectivity index (χ0) is 26.1. The van der Waals surface area contributed by atoms with Crippen molar-refractivity contribution in [2.45, 2.75) is 26.4 Å². The zero-order valence-corrected chi connectivity index (χ0v) is 23.3. The van der Waals surface area contributed by atoms with Gasteiger partial charge >= 0.3 is 0 Å². The van der Waals surface area contributed by atoms with Crippen LogP contribution in [-0.2, 0) is 13.6 Å². The number of carbonyl (C=O) groups excluding carboxylic acids is 1. The molecule has 0 N–H and O–H groups in total. The van der Waals surface area contributed by atoms with Crippen LogP contribution in [0.4, 0.5) is 11.4 Å². The van der Waals surface area contributed by atoms with E-state index in [0.717, 1.165) is 78.6 Å². The summed E-state index contributed by atoms with van der Waals surface area (Å²) in [6.45, 7) is 11.2. The molecule has 0 unspecified atom stereocenters. The average molecular weight is 541 g/mol. The van der Waals surface area contributed by atoms with E-state index in [4.69, 9.17) is 23.2 Å². The number of para-hydroxylation sites is 1. The predicted molar refractivity (Wildman–Crippen MR) is 153 cm³/mol. The number of hydrogen-bond acceptors (Lipinski definition) is 4. The Morgan fingerprint density at radius 3 is 2.35 bits per heavy atom. The third-order valence-corrected chi connectivity index (χ3v) is 8.44. The first-order valence-electron chi connectivity index (χ1n) is 13.0. The highest BCUT2D eigenvalue weighted by atomic mass is 35.5. The van der Waals surface area contributed by atoms with E-state index in [1.165, 1.54) is 5.56 Å². The molecule has 3 heterocycles. The lowest BCUT2D eigenvalue weighted by Crippen LogP contribution is -2.54. The summed E-state index contributed by atoms with van der Waals surface area (Å²) in [7, 11) is 2.01. The van der Waals surface area contributed by atoms with Crippen LogP contribution in [0.1, 0.15) is 28.7 Å². The second kappa shape index (κ2) is 11.0. The zero-order valence-electron chi connectivity index (χ0n) is 21.8. The van der Waals surface area contributed by atoms with Crippen LogP contribution in [0.3, 0.4) is 0 Å². The van der Waals surface area contributed by atoms with Crippen molar-refractivity contribution < 1.29 is 4.79 Å². The standard InChI is InChI=1S/C29H35Cl2N5O/c1-21-19-35(25-8-6-7-24(30)18-25)15-16-36(21)29(37)28-17-23(22(2)32(28)3)20-33-11-13-34(14-12-33)27-10-5-4-9-26(27)31/h4-10,17-18,21H,11-16,19-20H2,1-3H3/t21-/m0/s1. The predicted octanol–water partition coefficient (Wildman–Crippen LogP) is 5.31. The van der Waals surface area contributed by atoms with E-state index in [9.17, 15) is 4.79 Å². The molecule has 1 atom stereocenters. The monoisotopic (exact) mass is 539 g/mol. The van der Waals surface area contributed by atoms with E-state index in [0.29, 0.717) is 6.54 Å². The molecule has 2 aromatic carbocycles. The molecule has 2 aliphatic rings. The van der Waals surface area contributed by atoms with Crippen LogP contribution in [-0.4, -0.2) is 72.1 Å². The lowest BCUT2D eigenvalue weighted by Gasteiger charge is -2.41. The number of carbonyl (C=O) groups is 1. The molecule has 0 saturated carbocycles. The summed E-state index contributed by atoms with van der Waals surface area (Å²) in [5, 5.41) is 1.54. The maximum absolute atomic E-state index is 13.7. The van der Waals surface area contributed by atoms with Crippen LogP contribution in [0, 0.1) is 6.92 Å². The van der Waals surface area contributed by atoms with Gasteiger partial charge in [0.1, 0.15) is 5.69 Å². The average Bonchev–Trinajstić information content (AvgIpc) is 3.17. The summed E-state index contributed by atoms with van der Waals surface area (Å²) in [5.41, 5.74) is 5.37. The largest absolute Gasteiger partial charge is 0.368 e. The van der Waals surface area contributed by atoms with Gasteiger partial charge in [0.05, 0.1) is 10.7 Å². The maximum Gasteiger partial charge on any atom is 0.270 e. The maximum atomic E-state index is 13.7. The van der Waals surface area contributed by atoms with Crippen molar-refractivity contribution in [2.75, 3.05) is 55.6 Å². The summed E-state index contributed by atoms with van der Waals surface area (Å²) in [4.78, 5) is 22.8. The van der Waals surface area contributed by atoms with Gasteiger partial charge in [0.25, 0.3) is 5.91 Å². The molecule has 1 amide bonds. The summed E-state index contributed by atoms with van der Waals surface area (Å²) in [6.07, 6.45) is 0. The van der Waals surface area contributed by atoms with Crippen molar-refractivity contribution in [3.05, 3.63) is 81.6 Å². The van der Waals surface area contributed by atoms with Crippen molar-refractivity contribution in [2.24, 2.45) is 7.05 Å². The number of amides is 1. The number of anilines is 2. The Labute approximate surface area is 230 Å².